The molecule has 1 aromatic rings. The molecule has 1 heterocycles. The molecule has 0 radical (unpaired) electrons. The maximum absolute atomic E-state index is 12.5. The second-order valence-electron chi connectivity index (χ2n) is 4.26. The summed E-state index contributed by atoms with van der Waals surface area (Å²) in [6, 6.07) is 4.65. The highest BCUT2D eigenvalue weighted by Crippen LogP contribution is 2.24. The van der Waals surface area contributed by atoms with Crippen LogP contribution in [0, 0.1) is 0 Å². The van der Waals surface area contributed by atoms with Crippen molar-refractivity contribution in [3.8, 4) is 0 Å². The van der Waals surface area contributed by atoms with E-state index in [0.29, 0.717) is 37.7 Å². The maximum atomic E-state index is 12.5. The van der Waals surface area contributed by atoms with Gasteiger partial charge in [-0.3, -0.25) is 0 Å². The van der Waals surface area contributed by atoms with Crippen molar-refractivity contribution >= 4 is 33.2 Å². The summed E-state index contributed by atoms with van der Waals surface area (Å²) in [6.45, 7) is 1.86. The van der Waals surface area contributed by atoms with Gasteiger partial charge in [-0.05, 0) is 24.1 Å². The molecule has 1 fully saturated rings. The van der Waals surface area contributed by atoms with E-state index in [-0.39, 0.29) is 10.8 Å². The Hall–Kier alpha value is -0.330. The van der Waals surface area contributed by atoms with Crippen LogP contribution in [0.1, 0.15) is 12.0 Å². The highest BCUT2D eigenvalue weighted by Gasteiger charge is 2.25. The first-order valence-corrected chi connectivity index (χ1v) is 8.33. The van der Waals surface area contributed by atoms with Gasteiger partial charge in [0.15, 0.2) is 0 Å². The van der Waals surface area contributed by atoms with Crippen LogP contribution in [0.5, 0.6) is 0 Å². The Morgan fingerprint density at radius 3 is 2.74 bits per heavy atom. The summed E-state index contributed by atoms with van der Waals surface area (Å²) in [5, 5.41) is 0.377. The first-order valence-electron chi connectivity index (χ1n) is 5.98. The SMILES string of the molecule is O=S(=O)(c1ccc(CCl)c(Cl)c1)N1CCCOCC1. The minimum atomic E-state index is -3.51. The number of nitrogens with zero attached hydrogens (tertiary/aromatic N) is 1. The Morgan fingerprint density at radius 2 is 2.05 bits per heavy atom. The van der Waals surface area contributed by atoms with Crippen LogP contribution in [0.3, 0.4) is 0 Å². The van der Waals surface area contributed by atoms with Gasteiger partial charge in [0.25, 0.3) is 0 Å². The molecule has 1 saturated heterocycles. The minimum absolute atomic E-state index is 0.202. The smallest absolute Gasteiger partial charge is 0.243 e. The zero-order valence-electron chi connectivity index (χ0n) is 10.3. The number of rotatable bonds is 3. The molecule has 1 aliphatic rings. The zero-order valence-corrected chi connectivity index (χ0v) is 12.6. The molecule has 0 N–H and O–H groups in total. The molecule has 0 aromatic heterocycles. The van der Waals surface area contributed by atoms with E-state index in [1.807, 2.05) is 0 Å². The maximum Gasteiger partial charge on any atom is 0.243 e. The lowest BCUT2D eigenvalue weighted by Crippen LogP contribution is -2.33. The van der Waals surface area contributed by atoms with Gasteiger partial charge in [-0.2, -0.15) is 4.31 Å². The molecule has 1 aromatic carbocycles. The Kier molecular flexibility index (Phi) is 5.09. The number of sulfonamides is 1. The fraction of sp³-hybridized carbons (Fsp3) is 0.500. The molecule has 0 amide bonds. The van der Waals surface area contributed by atoms with Crippen molar-refractivity contribution in [2.75, 3.05) is 26.3 Å². The van der Waals surface area contributed by atoms with E-state index in [1.165, 1.54) is 10.4 Å². The topological polar surface area (TPSA) is 46.6 Å². The molecule has 4 nitrogen and oxygen atoms in total. The summed E-state index contributed by atoms with van der Waals surface area (Å²) in [6.07, 6.45) is 0.701. The average Bonchev–Trinajstić information content (AvgIpc) is 2.67. The lowest BCUT2D eigenvalue weighted by Gasteiger charge is -2.19. The van der Waals surface area contributed by atoms with Crippen LogP contribution < -0.4 is 0 Å². The molecular formula is C12H15Cl2NO3S. The summed E-state index contributed by atoms with van der Waals surface area (Å²) in [4.78, 5) is 0.202. The molecule has 7 heteroatoms. The quantitative estimate of drug-likeness (QED) is 0.803. The molecule has 19 heavy (non-hydrogen) atoms. The van der Waals surface area contributed by atoms with Crippen molar-refractivity contribution in [3.05, 3.63) is 28.8 Å². The summed E-state index contributed by atoms with van der Waals surface area (Å²) in [5.74, 6) is 0.261. The first-order chi connectivity index (χ1) is 9.05. The number of hydrogen-bond donors (Lipinski definition) is 0. The third kappa shape index (κ3) is 3.41. The van der Waals surface area contributed by atoms with Crippen LogP contribution in [-0.4, -0.2) is 39.0 Å². The Labute approximate surface area is 123 Å². The van der Waals surface area contributed by atoms with Gasteiger partial charge < -0.3 is 4.74 Å². The summed E-state index contributed by atoms with van der Waals surface area (Å²) in [7, 11) is -3.51. The zero-order chi connectivity index (χ0) is 13.9. The summed E-state index contributed by atoms with van der Waals surface area (Å²) in [5.41, 5.74) is 0.724. The van der Waals surface area contributed by atoms with E-state index in [4.69, 9.17) is 27.9 Å². The lowest BCUT2D eigenvalue weighted by atomic mass is 10.2. The molecule has 0 bridgehead atoms. The van der Waals surface area contributed by atoms with E-state index < -0.39 is 10.0 Å². The van der Waals surface area contributed by atoms with Crippen molar-refractivity contribution in [1.82, 2.24) is 4.31 Å². The van der Waals surface area contributed by atoms with Crippen molar-refractivity contribution in [3.63, 3.8) is 0 Å². The van der Waals surface area contributed by atoms with Crippen LogP contribution in [0.2, 0.25) is 5.02 Å². The van der Waals surface area contributed by atoms with Crippen LogP contribution in [0.25, 0.3) is 0 Å². The fourth-order valence-corrected chi connectivity index (χ4v) is 4.01. The number of alkyl halides is 1. The van der Waals surface area contributed by atoms with Crippen molar-refractivity contribution in [1.29, 1.82) is 0 Å². The van der Waals surface area contributed by atoms with E-state index in [9.17, 15) is 8.42 Å². The highest BCUT2D eigenvalue weighted by molar-refractivity contribution is 7.89. The predicted octanol–water partition coefficient (Wildman–Crippen LogP) is 2.49. The standard InChI is InChI=1S/C12H15Cl2NO3S/c13-9-10-2-3-11(8-12(10)14)19(16,17)15-4-1-6-18-7-5-15/h2-3,8H,1,4-7,9H2. The molecule has 0 unspecified atom stereocenters. The van der Waals surface area contributed by atoms with Gasteiger partial charge in [-0.1, -0.05) is 17.7 Å². The van der Waals surface area contributed by atoms with Crippen LogP contribution in [0.4, 0.5) is 0 Å². The lowest BCUT2D eigenvalue weighted by molar-refractivity contribution is 0.148. The van der Waals surface area contributed by atoms with Gasteiger partial charge in [-0.15, -0.1) is 11.6 Å². The molecule has 0 spiro atoms. The Balaban J connectivity index is 2.30. The van der Waals surface area contributed by atoms with Crippen molar-refractivity contribution in [2.45, 2.75) is 17.2 Å². The van der Waals surface area contributed by atoms with E-state index in [0.717, 1.165) is 5.56 Å². The molecule has 0 saturated carbocycles. The Morgan fingerprint density at radius 1 is 1.26 bits per heavy atom. The third-order valence-electron chi connectivity index (χ3n) is 2.99. The van der Waals surface area contributed by atoms with Crippen molar-refractivity contribution in [2.24, 2.45) is 0 Å². The molecule has 106 valence electrons. The molecule has 0 atom stereocenters. The highest BCUT2D eigenvalue weighted by atomic mass is 35.5. The largest absolute Gasteiger partial charge is 0.380 e. The molecule has 2 rings (SSSR count). The normalized spacial score (nSPS) is 18.2. The van der Waals surface area contributed by atoms with E-state index in [1.54, 1.807) is 12.1 Å². The average molecular weight is 324 g/mol. The van der Waals surface area contributed by atoms with E-state index in [2.05, 4.69) is 0 Å². The van der Waals surface area contributed by atoms with Gasteiger partial charge in [0, 0.05) is 30.6 Å². The Bertz CT molecular complexity index is 540. The van der Waals surface area contributed by atoms with Gasteiger partial charge in [-0.25, -0.2) is 8.42 Å². The summed E-state index contributed by atoms with van der Waals surface area (Å²) >= 11 is 11.7. The number of hydrogen-bond acceptors (Lipinski definition) is 3. The van der Waals surface area contributed by atoms with Crippen molar-refractivity contribution < 1.29 is 13.2 Å². The first kappa shape index (κ1) is 15.1. The predicted molar refractivity (Wildman–Crippen MR) is 75.2 cm³/mol. The monoisotopic (exact) mass is 323 g/mol. The number of ether oxygens (including phenoxy) is 1. The van der Waals surface area contributed by atoms with Gasteiger partial charge in [0.2, 0.25) is 10.0 Å². The number of halogens is 2. The van der Waals surface area contributed by atoms with Gasteiger partial charge in [0.1, 0.15) is 0 Å². The van der Waals surface area contributed by atoms with Crippen LogP contribution in [-0.2, 0) is 20.6 Å². The van der Waals surface area contributed by atoms with E-state index >= 15 is 0 Å². The summed E-state index contributed by atoms with van der Waals surface area (Å²) < 4.78 is 31.6. The van der Waals surface area contributed by atoms with Gasteiger partial charge in [0.05, 0.1) is 11.5 Å². The second-order valence-corrected chi connectivity index (χ2v) is 6.87. The molecule has 0 aliphatic carbocycles. The van der Waals surface area contributed by atoms with Crippen LogP contribution in [0.15, 0.2) is 23.1 Å². The second kappa shape index (κ2) is 6.41. The van der Waals surface area contributed by atoms with Gasteiger partial charge >= 0.3 is 0 Å². The molecular weight excluding hydrogens is 309 g/mol. The minimum Gasteiger partial charge on any atom is -0.380 e. The third-order valence-corrected chi connectivity index (χ3v) is 5.52. The molecule has 1 aliphatic heterocycles. The van der Waals surface area contributed by atoms with Crippen LogP contribution >= 0.6 is 23.2 Å². The fourth-order valence-electron chi connectivity index (χ4n) is 1.91. The number of benzene rings is 1.